The molecule has 2 aromatic rings. The van der Waals surface area contributed by atoms with Crippen LogP contribution >= 0.6 is 0 Å². The molecule has 0 atom stereocenters. The van der Waals surface area contributed by atoms with Gasteiger partial charge >= 0.3 is 0 Å². The number of hydrogen-bond acceptors (Lipinski definition) is 3. The number of nitrogens with two attached hydrogens (primary N) is 1. The molecule has 27 heavy (non-hydrogen) atoms. The van der Waals surface area contributed by atoms with Crippen LogP contribution in [0.15, 0.2) is 35.5 Å². The number of rotatable bonds is 4. The molecule has 0 saturated heterocycles. The van der Waals surface area contributed by atoms with Crippen molar-refractivity contribution < 1.29 is 9.13 Å². The Bertz CT molecular complexity index is 829. The molecule has 0 aliphatic heterocycles. The lowest BCUT2D eigenvalue weighted by Gasteiger charge is -2.28. The first kappa shape index (κ1) is 19.1. The maximum Gasteiger partial charge on any atom is 0.193 e. The number of pyridine rings is 1. The molecule has 1 saturated carbocycles. The maximum absolute atomic E-state index is 13.8. The number of nitrogens with zero attached hydrogens (tertiary/aromatic N) is 2. The Balaban J connectivity index is 1.59. The fourth-order valence-electron chi connectivity index (χ4n) is 3.74. The predicted octanol–water partition coefficient (Wildman–Crippen LogP) is 4.30. The Kier molecular flexibility index (Phi) is 5.94. The molecule has 1 aromatic carbocycles. The fraction of sp³-hybridized carbons (Fsp3) is 0.429. The summed E-state index contributed by atoms with van der Waals surface area (Å²) in [6.07, 6.45) is 6.05. The first-order valence-electron chi connectivity index (χ1n) is 9.34. The molecule has 0 radical (unpaired) electrons. The molecule has 1 fully saturated rings. The number of aliphatic imine (C=N–C) groups is 1. The van der Waals surface area contributed by atoms with Crippen molar-refractivity contribution in [2.45, 2.75) is 51.5 Å². The minimum absolute atomic E-state index is 0.195. The topological polar surface area (TPSA) is 72.5 Å². The lowest BCUT2D eigenvalue weighted by molar-refractivity contribution is 0.386. The van der Waals surface area contributed by atoms with E-state index in [4.69, 9.17) is 10.5 Å². The Hall–Kier alpha value is -2.63. The number of guanidine groups is 1. The quantitative estimate of drug-likeness (QED) is 0.622. The third kappa shape index (κ3) is 4.56. The minimum atomic E-state index is -0.432. The monoisotopic (exact) mass is 370 g/mol. The third-order valence-electron chi connectivity index (χ3n) is 5.38. The van der Waals surface area contributed by atoms with Crippen molar-refractivity contribution in [2.24, 2.45) is 10.7 Å². The van der Waals surface area contributed by atoms with Gasteiger partial charge in [-0.2, -0.15) is 0 Å². The van der Waals surface area contributed by atoms with Crippen LogP contribution in [-0.4, -0.2) is 24.1 Å². The largest absolute Gasteiger partial charge is 0.494 e. The molecular weight excluding hydrogens is 343 g/mol. The molecular formula is C21H27FN4O. The van der Waals surface area contributed by atoms with E-state index in [2.05, 4.69) is 35.2 Å². The first-order valence-corrected chi connectivity index (χ1v) is 9.34. The smallest absolute Gasteiger partial charge is 0.193 e. The number of nitrogens with one attached hydrogen (secondary N) is 1. The number of ether oxygens (including phenoxy) is 1. The Morgan fingerprint density at radius 2 is 1.96 bits per heavy atom. The Morgan fingerprint density at radius 3 is 2.63 bits per heavy atom. The summed E-state index contributed by atoms with van der Waals surface area (Å²) < 4.78 is 18.7. The molecule has 1 aliphatic rings. The Morgan fingerprint density at radius 1 is 1.22 bits per heavy atom. The molecule has 0 bridgehead atoms. The highest BCUT2D eigenvalue weighted by molar-refractivity contribution is 5.92. The summed E-state index contributed by atoms with van der Waals surface area (Å²) in [6, 6.07) is 6.97. The zero-order valence-corrected chi connectivity index (χ0v) is 16.1. The van der Waals surface area contributed by atoms with Gasteiger partial charge in [-0.15, -0.1) is 0 Å². The summed E-state index contributed by atoms with van der Waals surface area (Å²) >= 11 is 0. The van der Waals surface area contributed by atoms with Gasteiger partial charge in [-0.25, -0.2) is 9.38 Å². The second-order valence-corrected chi connectivity index (χ2v) is 7.10. The van der Waals surface area contributed by atoms with E-state index in [9.17, 15) is 4.39 Å². The molecule has 1 aliphatic carbocycles. The number of hydrogen-bond donors (Lipinski definition) is 2. The summed E-state index contributed by atoms with van der Waals surface area (Å²) in [6.45, 7) is 4.21. The number of aryl methyl sites for hydroxylation is 1. The van der Waals surface area contributed by atoms with Gasteiger partial charge in [0.25, 0.3) is 0 Å². The van der Waals surface area contributed by atoms with Gasteiger partial charge in [-0.3, -0.25) is 4.98 Å². The third-order valence-corrected chi connectivity index (χ3v) is 5.38. The molecule has 0 unspecified atom stereocenters. The number of halogens is 1. The van der Waals surface area contributed by atoms with Gasteiger partial charge in [0, 0.05) is 23.6 Å². The van der Waals surface area contributed by atoms with Crippen LogP contribution in [0.4, 0.5) is 10.1 Å². The van der Waals surface area contributed by atoms with Crippen molar-refractivity contribution >= 4 is 11.6 Å². The van der Waals surface area contributed by atoms with Crippen LogP contribution in [0.2, 0.25) is 0 Å². The number of methoxy groups -OCH3 is 1. The van der Waals surface area contributed by atoms with Crippen LogP contribution in [0.5, 0.6) is 5.75 Å². The summed E-state index contributed by atoms with van der Waals surface area (Å²) in [7, 11) is 1.44. The van der Waals surface area contributed by atoms with Gasteiger partial charge in [0.05, 0.1) is 13.2 Å². The van der Waals surface area contributed by atoms with Crippen LogP contribution < -0.4 is 15.8 Å². The SMILES string of the molecule is COc1ccc(NC(N)=NC2CCC(c3ccnc(C)c3C)CC2)cc1F. The van der Waals surface area contributed by atoms with Crippen LogP contribution in [0.1, 0.15) is 48.4 Å². The van der Waals surface area contributed by atoms with Crippen LogP contribution in [-0.2, 0) is 0 Å². The lowest BCUT2D eigenvalue weighted by Crippen LogP contribution is -2.27. The van der Waals surface area contributed by atoms with Gasteiger partial charge in [0.1, 0.15) is 0 Å². The van der Waals surface area contributed by atoms with E-state index < -0.39 is 5.82 Å². The van der Waals surface area contributed by atoms with Gasteiger partial charge in [0.2, 0.25) is 0 Å². The first-order chi connectivity index (χ1) is 13.0. The van der Waals surface area contributed by atoms with Gasteiger partial charge in [0.15, 0.2) is 17.5 Å². The average Bonchev–Trinajstić information content (AvgIpc) is 2.65. The Labute approximate surface area is 159 Å². The van der Waals surface area contributed by atoms with E-state index in [0.717, 1.165) is 31.4 Å². The number of aromatic nitrogens is 1. The van der Waals surface area contributed by atoms with Crippen molar-refractivity contribution in [2.75, 3.05) is 12.4 Å². The van der Waals surface area contributed by atoms with Crippen molar-refractivity contribution in [3.05, 3.63) is 53.1 Å². The fourth-order valence-corrected chi connectivity index (χ4v) is 3.74. The highest BCUT2D eigenvalue weighted by Crippen LogP contribution is 2.35. The van der Waals surface area contributed by atoms with Crippen molar-refractivity contribution in [1.29, 1.82) is 0 Å². The number of anilines is 1. The minimum Gasteiger partial charge on any atom is -0.494 e. The van der Waals surface area contributed by atoms with Crippen molar-refractivity contribution in [3.63, 3.8) is 0 Å². The molecule has 1 heterocycles. The maximum atomic E-state index is 13.8. The van der Waals surface area contributed by atoms with E-state index in [1.807, 2.05) is 6.20 Å². The zero-order chi connectivity index (χ0) is 19.4. The molecule has 0 amide bonds. The van der Waals surface area contributed by atoms with Gasteiger partial charge < -0.3 is 15.8 Å². The molecule has 5 nitrogen and oxygen atoms in total. The van der Waals surface area contributed by atoms with Gasteiger partial charge in [-0.1, -0.05) is 0 Å². The van der Waals surface area contributed by atoms with E-state index in [-0.39, 0.29) is 11.8 Å². The van der Waals surface area contributed by atoms with Crippen LogP contribution in [0.3, 0.4) is 0 Å². The molecule has 3 rings (SSSR count). The predicted molar refractivity (Wildman–Crippen MR) is 107 cm³/mol. The molecule has 0 spiro atoms. The summed E-state index contributed by atoms with van der Waals surface area (Å²) in [5.41, 5.74) is 10.4. The molecule has 144 valence electrons. The summed E-state index contributed by atoms with van der Waals surface area (Å²) in [5.74, 6) is 0.650. The van der Waals surface area contributed by atoms with Gasteiger partial charge in [-0.05, 0) is 74.8 Å². The van der Waals surface area contributed by atoms with E-state index in [1.54, 1.807) is 12.1 Å². The standard InChI is InChI=1S/C21H27FN4O/c1-13-14(2)24-11-10-18(13)15-4-6-16(7-5-15)25-21(23)26-17-8-9-20(27-3)19(22)12-17/h8-12,15-16H,4-7H2,1-3H3,(H3,23,25,26). The lowest BCUT2D eigenvalue weighted by atomic mass is 9.80. The van der Waals surface area contributed by atoms with Crippen LogP contribution in [0.25, 0.3) is 0 Å². The molecule has 6 heteroatoms. The summed E-state index contributed by atoms with van der Waals surface area (Å²) in [4.78, 5) is 8.95. The highest BCUT2D eigenvalue weighted by Gasteiger charge is 2.23. The number of benzene rings is 1. The highest BCUT2D eigenvalue weighted by atomic mass is 19.1. The second-order valence-electron chi connectivity index (χ2n) is 7.10. The molecule has 1 aromatic heterocycles. The van der Waals surface area contributed by atoms with E-state index in [0.29, 0.717) is 17.6 Å². The normalized spacial score (nSPS) is 20.4. The van der Waals surface area contributed by atoms with E-state index >= 15 is 0 Å². The zero-order valence-electron chi connectivity index (χ0n) is 16.1. The second kappa shape index (κ2) is 8.37. The van der Waals surface area contributed by atoms with E-state index in [1.165, 1.54) is 24.3 Å². The molecule has 3 N–H and O–H groups in total. The summed E-state index contributed by atoms with van der Waals surface area (Å²) in [5, 5.41) is 2.96. The van der Waals surface area contributed by atoms with Crippen molar-refractivity contribution in [1.82, 2.24) is 4.98 Å². The average molecular weight is 370 g/mol. The van der Waals surface area contributed by atoms with Crippen molar-refractivity contribution in [3.8, 4) is 5.75 Å². The van der Waals surface area contributed by atoms with Crippen LogP contribution in [0, 0.1) is 19.7 Å².